The van der Waals surface area contributed by atoms with Crippen LogP contribution in [0.4, 0.5) is 5.69 Å². The second kappa shape index (κ2) is 7.02. The number of carboxylic acids is 1. The van der Waals surface area contributed by atoms with E-state index in [1.54, 1.807) is 36.4 Å². The summed E-state index contributed by atoms with van der Waals surface area (Å²) >= 11 is 6.52. The maximum absolute atomic E-state index is 12.9. The van der Waals surface area contributed by atoms with E-state index in [-0.39, 0.29) is 10.6 Å². The van der Waals surface area contributed by atoms with Crippen LogP contribution in [-0.4, -0.2) is 25.5 Å². The van der Waals surface area contributed by atoms with Crippen molar-refractivity contribution in [1.82, 2.24) is 0 Å². The molecule has 5 nitrogen and oxygen atoms in total. The number of halogens is 2. The van der Waals surface area contributed by atoms with E-state index in [4.69, 9.17) is 0 Å². The SMILES string of the molecule is CC(C(=O)O)N(c1cccc(Br)c1)S(=O)(=O)c1ccc(Br)cc1. The van der Waals surface area contributed by atoms with Gasteiger partial charge in [0, 0.05) is 8.95 Å². The van der Waals surface area contributed by atoms with Crippen molar-refractivity contribution in [1.29, 1.82) is 0 Å². The summed E-state index contributed by atoms with van der Waals surface area (Å²) < 4.78 is 28.2. The zero-order valence-electron chi connectivity index (χ0n) is 12.0. The molecule has 8 heteroatoms. The predicted octanol–water partition coefficient (Wildman–Crippen LogP) is 3.88. The van der Waals surface area contributed by atoms with Crippen LogP contribution in [0.1, 0.15) is 6.92 Å². The van der Waals surface area contributed by atoms with Gasteiger partial charge in [-0.3, -0.25) is 4.31 Å². The van der Waals surface area contributed by atoms with Crippen molar-refractivity contribution in [3.05, 3.63) is 57.5 Å². The number of hydrogen-bond donors (Lipinski definition) is 1. The Morgan fingerprint density at radius 3 is 2.22 bits per heavy atom. The molecule has 0 heterocycles. The van der Waals surface area contributed by atoms with Gasteiger partial charge in [0.15, 0.2) is 0 Å². The normalized spacial score (nSPS) is 12.7. The lowest BCUT2D eigenvalue weighted by Crippen LogP contribution is -2.43. The molecular weight excluding hydrogens is 450 g/mol. The molecule has 1 N–H and O–H groups in total. The van der Waals surface area contributed by atoms with Crippen molar-refractivity contribution >= 4 is 53.5 Å². The molecule has 1 unspecified atom stereocenters. The highest BCUT2D eigenvalue weighted by molar-refractivity contribution is 9.10. The van der Waals surface area contributed by atoms with Crippen LogP contribution >= 0.6 is 31.9 Å². The second-order valence-corrected chi connectivity index (χ2v) is 8.40. The van der Waals surface area contributed by atoms with Crippen molar-refractivity contribution in [3.63, 3.8) is 0 Å². The summed E-state index contributed by atoms with van der Waals surface area (Å²) in [7, 11) is -4.02. The molecule has 0 saturated heterocycles. The van der Waals surface area contributed by atoms with Gasteiger partial charge in [-0.2, -0.15) is 0 Å². The van der Waals surface area contributed by atoms with Gasteiger partial charge in [-0.05, 0) is 49.4 Å². The van der Waals surface area contributed by atoms with Gasteiger partial charge in [0.1, 0.15) is 6.04 Å². The van der Waals surface area contributed by atoms with Crippen molar-refractivity contribution in [2.24, 2.45) is 0 Å². The van der Waals surface area contributed by atoms with Crippen LogP contribution in [0, 0.1) is 0 Å². The molecule has 0 saturated carbocycles. The van der Waals surface area contributed by atoms with Gasteiger partial charge < -0.3 is 5.11 Å². The van der Waals surface area contributed by atoms with Crippen LogP contribution < -0.4 is 4.31 Å². The average Bonchev–Trinajstić information content (AvgIpc) is 2.47. The first-order chi connectivity index (χ1) is 10.7. The Morgan fingerprint density at radius 1 is 1.09 bits per heavy atom. The number of aliphatic carboxylic acids is 1. The number of benzene rings is 2. The molecule has 0 aromatic heterocycles. The van der Waals surface area contributed by atoms with E-state index in [0.717, 1.165) is 8.78 Å². The number of hydrogen-bond acceptors (Lipinski definition) is 3. The molecule has 2 rings (SSSR count). The third kappa shape index (κ3) is 3.94. The Bertz CT molecular complexity index is 822. The fourth-order valence-electron chi connectivity index (χ4n) is 2.00. The number of sulfonamides is 1. The molecule has 2 aromatic rings. The molecule has 0 aliphatic rings. The summed E-state index contributed by atoms with van der Waals surface area (Å²) in [6, 6.07) is 11.3. The molecule has 0 bridgehead atoms. The molecule has 0 spiro atoms. The Hall–Kier alpha value is -1.38. The Morgan fingerprint density at radius 2 is 1.70 bits per heavy atom. The first-order valence-corrected chi connectivity index (χ1v) is 9.54. The van der Waals surface area contributed by atoms with E-state index < -0.39 is 22.0 Å². The molecule has 0 amide bonds. The van der Waals surface area contributed by atoms with Crippen LogP contribution in [-0.2, 0) is 14.8 Å². The van der Waals surface area contributed by atoms with E-state index in [1.165, 1.54) is 19.1 Å². The molecule has 0 aliphatic heterocycles. The molecular formula is C15H13Br2NO4S. The lowest BCUT2D eigenvalue weighted by atomic mass is 10.2. The standard InChI is InChI=1S/C15H13Br2NO4S/c1-10(15(19)20)18(13-4-2-3-12(17)9-13)23(21,22)14-7-5-11(16)6-8-14/h2-10H,1H3,(H,19,20). The first kappa shape index (κ1) is 18.0. The lowest BCUT2D eigenvalue weighted by molar-refractivity contribution is -0.137. The molecule has 1 atom stereocenters. The Kier molecular flexibility index (Phi) is 5.49. The molecule has 0 radical (unpaired) electrons. The minimum absolute atomic E-state index is 0.0220. The lowest BCUT2D eigenvalue weighted by Gasteiger charge is -2.28. The molecule has 23 heavy (non-hydrogen) atoms. The van der Waals surface area contributed by atoms with Crippen LogP contribution in [0.5, 0.6) is 0 Å². The van der Waals surface area contributed by atoms with Crippen LogP contribution in [0.15, 0.2) is 62.4 Å². The number of carboxylic acid groups (broad SMARTS) is 1. The molecule has 2 aromatic carbocycles. The summed E-state index contributed by atoms with van der Waals surface area (Å²) in [6.07, 6.45) is 0. The Balaban J connectivity index is 2.61. The molecule has 0 aliphatic carbocycles. The smallest absolute Gasteiger partial charge is 0.327 e. The van der Waals surface area contributed by atoms with E-state index in [1.807, 2.05) is 0 Å². The van der Waals surface area contributed by atoms with Gasteiger partial charge in [0.25, 0.3) is 10.0 Å². The molecule has 122 valence electrons. The minimum Gasteiger partial charge on any atom is -0.480 e. The fourth-order valence-corrected chi connectivity index (χ4v) is 4.26. The highest BCUT2D eigenvalue weighted by Crippen LogP contribution is 2.29. The maximum atomic E-state index is 12.9. The van der Waals surface area contributed by atoms with Crippen molar-refractivity contribution < 1.29 is 18.3 Å². The highest BCUT2D eigenvalue weighted by Gasteiger charge is 2.33. The van der Waals surface area contributed by atoms with Gasteiger partial charge in [0.2, 0.25) is 0 Å². The summed E-state index contributed by atoms with van der Waals surface area (Å²) in [6.45, 7) is 1.33. The van der Waals surface area contributed by atoms with E-state index in [9.17, 15) is 18.3 Å². The van der Waals surface area contributed by atoms with Gasteiger partial charge in [0.05, 0.1) is 10.6 Å². The zero-order valence-corrected chi connectivity index (χ0v) is 16.0. The summed E-state index contributed by atoms with van der Waals surface area (Å²) in [5.41, 5.74) is 0.275. The average molecular weight is 463 g/mol. The Labute approximate surface area is 151 Å². The first-order valence-electron chi connectivity index (χ1n) is 6.52. The third-order valence-corrected chi connectivity index (χ3v) is 6.08. The number of nitrogens with zero attached hydrogens (tertiary/aromatic N) is 1. The highest BCUT2D eigenvalue weighted by atomic mass is 79.9. The van der Waals surface area contributed by atoms with E-state index >= 15 is 0 Å². The van der Waals surface area contributed by atoms with Crippen molar-refractivity contribution in [2.75, 3.05) is 4.31 Å². The predicted molar refractivity (Wildman–Crippen MR) is 95.0 cm³/mol. The van der Waals surface area contributed by atoms with Crippen LogP contribution in [0.25, 0.3) is 0 Å². The second-order valence-electron chi connectivity index (χ2n) is 4.75. The summed E-state index contributed by atoms with van der Waals surface area (Å²) in [5.74, 6) is -1.23. The van der Waals surface area contributed by atoms with Gasteiger partial charge in [-0.15, -0.1) is 0 Å². The quantitative estimate of drug-likeness (QED) is 0.731. The van der Waals surface area contributed by atoms with E-state index in [0.29, 0.717) is 4.47 Å². The van der Waals surface area contributed by atoms with Gasteiger partial charge in [-0.1, -0.05) is 37.9 Å². The summed E-state index contributed by atoms with van der Waals surface area (Å²) in [5, 5.41) is 9.31. The monoisotopic (exact) mass is 461 g/mol. The van der Waals surface area contributed by atoms with Gasteiger partial charge >= 0.3 is 5.97 Å². The number of anilines is 1. The maximum Gasteiger partial charge on any atom is 0.327 e. The largest absolute Gasteiger partial charge is 0.480 e. The van der Waals surface area contributed by atoms with Crippen LogP contribution in [0.3, 0.4) is 0 Å². The number of rotatable bonds is 5. The third-order valence-electron chi connectivity index (χ3n) is 3.14. The van der Waals surface area contributed by atoms with E-state index in [2.05, 4.69) is 31.9 Å². The topological polar surface area (TPSA) is 74.7 Å². The van der Waals surface area contributed by atoms with Crippen molar-refractivity contribution in [3.8, 4) is 0 Å². The molecule has 0 fully saturated rings. The van der Waals surface area contributed by atoms with Crippen LogP contribution in [0.2, 0.25) is 0 Å². The van der Waals surface area contributed by atoms with Crippen molar-refractivity contribution in [2.45, 2.75) is 17.9 Å². The van der Waals surface area contributed by atoms with Gasteiger partial charge in [-0.25, -0.2) is 13.2 Å². The zero-order chi connectivity index (χ0) is 17.2. The minimum atomic E-state index is -4.02. The summed E-state index contributed by atoms with van der Waals surface area (Å²) in [4.78, 5) is 11.4. The fraction of sp³-hybridized carbons (Fsp3) is 0.133. The number of carbonyl (C=O) groups is 1.